The van der Waals surface area contributed by atoms with Crippen LogP contribution in [0.15, 0.2) is 34.1 Å². The molecule has 0 amide bonds. The van der Waals surface area contributed by atoms with Crippen molar-refractivity contribution in [1.29, 1.82) is 0 Å². The summed E-state index contributed by atoms with van der Waals surface area (Å²) in [7, 11) is 0. The molecule has 0 radical (unpaired) electrons. The molecule has 1 heterocycles. The summed E-state index contributed by atoms with van der Waals surface area (Å²) in [5.74, 6) is -0.302. The van der Waals surface area contributed by atoms with E-state index in [1.54, 1.807) is 23.5 Å². The Morgan fingerprint density at radius 2 is 2.12 bits per heavy atom. The average molecular weight is 335 g/mol. The lowest BCUT2D eigenvalue weighted by Gasteiger charge is -2.10. The molecule has 2 aromatic rings. The van der Waals surface area contributed by atoms with Gasteiger partial charge in [0.2, 0.25) is 0 Å². The maximum Gasteiger partial charge on any atom is 0.127 e. The Morgan fingerprint density at radius 3 is 2.71 bits per heavy atom. The maximum absolute atomic E-state index is 13.6. The van der Waals surface area contributed by atoms with Crippen molar-refractivity contribution in [3.63, 3.8) is 0 Å². The van der Waals surface area contributed by atoms with Crippen LogP contribution in [-0.2, 0) is 6.42 Å². The van der Waals surface area contributed by atoms with Gasteiger partial charge in [-0.25, -0.2) is 4.39 Å². The predicted octanol–water partition coefficient (Wildman–Crippen LogP) is 4.55. The first-order chi connectivity index (χ1) is 8.06. The molecule has 0 aliphatic rings. The third kappa shape index (κ3) is 3.28. The molecule has 0 bridgehead atoms. The zero-order valence-electron chi connectivity index (χ0n) is 8.79. The monoisotopic (exact) mass is 333 g/mol. The van der Waals surface area contributed by atoms with Gasteiger partial charge in [-0.1, -0.05) is 17.7 Å². The van der Waals surface area contributed by atoms with E-state index in [1.165, 1.54) is 6.07 Å². The molecular formula is C12H10BrClFNS. The van der Waals surface area contributed by atoms with Crippen LogP contribution in [0.25, 0.3) is 0 Å². The number of nitrogens with two attached hydrogens (primary N) is 1. The van der Waals surface area contributed by atoms with Gasteiger partial charge >= 0.3 is 0 Å². The molecule has 0 aliphatic heterocycles. The molecule has 2 N–H and O–H groups in total. The molecule has 1 aromatic heterocycles. The van der Waals surface area contributed by atoms with Gasteiger partial charge in [0.15, 0.2) is 0 Å². The topological polar surface area (TPSA) is 26.0 Å². The molecule has 0 aliphatic carbocycles. The van der Waals surface area contributed by atoms with Crippen molar-refractivity contribution in [1.82, 2.24) is 0 Å². The number of hydrogen-bond acceptors (Lipinski definition) is 2. The van der Waals surface area contributed by atoms with Gasteiger partial charge in [-0.3, -0.25) is 0 Å². The Balaban J connectivity index is 2.15. The van der Waals surface area contributed by atoms with Crippen LogP contribution in [0, 0.1) is 5.82 Å². The van der Waals surface area contributed by atoms with Gasteiger partial charge in [0.1, 0.15) is 5.82 Å². The van der Waals surface area contributed by atoms with Crippen molar-refractivity contribution in [2.75, 3.05) is 0 Å². The van der Waals surface area contributed by atoms with Crippen molar-refractivity contribution < 1.29 is 4.39 Å². The highest BCUT2D eigenvalue weighted by molar-refractivity contribution is 9.11. The lowest BCUT2D eigenvalue weighted by molar-refractivity contribution is 0.595. The Morgan fingerprint density at radius 1 is 1.35 bits per heavy atom. The summed E-state index contributed by atoms with van der Waals surface area (Å²) in [5, 5.41) is 0.402. The summed E-state index contributed by atoms with van der Waals surface area (Å²) in [5.41, 5.74) is 6.63. The number of benzene rings is 1. The largest absolute Gasteiger partial charge is 0.323 e. The van der Waals surface area contributed by atoms with Crippen LogP contribution in [0.2, 0.25) is 5.02 Å². The molecule has 17 heavy (non-hydrogen) atoms. The molecule has 1 atom stereocenters. The van der Waals surface area contributed by atoms with Gasteiger partial charge in [-0.15, -0.1) is 11.3 Å². The fourth-order valence-electron chi connectivity index (χ4n) is 1.55. The van der Waals surface area contributed by atoms with Crippen molar-refractivity contribution in [3.8, 4) is 0 Å². The second-order valence-corrected chi connectivity index (χ2v) is 6.62. The summed E-state index contributed by atoms with van der Waals surface area (Å²) in [6.45, 7) is 0. The number of halogens is 3. The van der Waals surface area contributed by atoms with Gasteiger partial charge in [-0.05, 0) is 52.2 Å². The Kier molecular flexibility index (Phi) is 4.20. The molecule has 90 valence electrons. The average Bonchev–Trinajstić information content (AvgIpc) is 2.69. The molecule has 2 rings (SSSR count). The predicted molar refractivity (Wildman–Crippen MR) is 74.1 cm³/mol. The van der Waals surface area contributed by atoms with Gasteiger partial charge in [0.25, 0.3) is 0 Å². The van der Waals surface area contributed by atoms with Crippen LogP contribution < -0.4 is 5.73 Å². The minimum absolute atomic E-state index is 0.193. The minimum atomic E-state index is -0.302. The first-order valence-electron chi connectivity index (χ1n) is 5.01. The molecule has 0 saturated heterocycles. The molecule has 0 spiro atoms. The summed E-state index contributed by atoms with van der Waals surface area (Å²) >= 11 is 10.6. The van der Waals surface area contributed by atoms with E-state index in [-0.39, 0.29) is 11.9 Å². The lowest BCUT2D eigenvalue weighted by atomic mass is 10.1. The second kappa shape index (κ2) is 5.48. The summed E-state index contributed by atoms with van der Waals surface area (Å²) in [4.78, 5) is 1.03. The van der Waals surface area contributed by atoms with E-state index in [4.69, 9.17) is 17.3 Å². The highest BCUT2D eigenvalue weighted by Crippen LogP contribution is 2.28. The normalized spacial score (nSPS) is 12.7. The zero-order chi connectivity index (χ0) is 12.4. The van der Waals surface area contributed by atoms with Gasteiger partial charge in [-0.2, -0.15) is 0 Å². The second-order valence-electron chi connectivity index (χ2n) is 3.69. The Hall–Kier alpha value is -0.420. The van der Waals surface area contributed by atoms with E-state index in [0.29, 0.717) is 17.0 Å². The lowest BCUT2D eigenvalue weighted by Crippen LogP contribution is -2.12. The van der Waals surface area contributed by atoms with Crippen LogP contribution in [0.4, 0.5) is 4.39 Å². The number of rotatable bonds is 3. The van der Waals surface area contributed by atoms with Crippen molar-refractivity contribution in [3.05, 3.63) is 55.4 Å². The SMILES string of the molecule is NC(Cc1ccc(Cl)cc1F)c1ccc(Br)s1. The Bertz CT molecular complexity index is 529. The van der Waals surface area contributed by atoms with Crippen molar-refractivity contribution >= 4 is 38.9 Å². The Labute approximate surface area is 117 Å². The molecule has 0 fully saturated rings. The molecule has 1 nitrogen and oxygen atoms in total. The summed E-state index contributed by atoms with van der Waals surface area (Å²) < 4.78 is 14.6. The van der Waals surface area contributed by atoms with Crippen molar-refractivity contribution in [2.24, 2.45) is 5.73 Å². The zero-order valence-corrected chi connectivity index (χ0v) is 11.9. The first-order valence-corrected chi connectivity index (χ1v) is 7.00. The van der Waals surface area contributed by atoms with Crippen LogP contribution in [0.5, 0.6) is 0 Å². The third-order valence-electron chi connectivity index (χ3n) is 2.41. The van der Waals surface area contributed by atoms with E-state index >= 15 is 0 Å². The first kappa shape index (κ1) is 13.0. The minimum Gasteiger partial charge on any atom is -0.323 e. The highest BCUT2D eigenvalue weighted by Gasteiger charge is 2.12. The van der Waals surface area contributed by atoms with E-state index < -0.39 is 0 Å². The van der Waals surface area contributed by atoms with E-state index in [2.05, 4.69) is 15.9 Å². The van der Waals surface area contributed by atoms with Crippen LogP contribution >= 0.6 is 38.9 Å². The molecule has 0 saturated carbocycles. The van der Waals surface area contributed by atoms with Gasteiger partial charge in [0.05, 0.1) is 3.79 Å². The van der Waals surface area contributed by atoms with Crippen molar-refractivity contribution in [2.45, 2.75) is 12.5 Å². The number of hydrogen-bond donors (Lipinski definition) is 1. The highest BCUT2D eigenvalue weighted by atomic mass is 79.9. The summed E-state index contributed by atoms with van der Waals surface area (Å²) in [6, 6.07) is 8.37. The van der Waals surface area contributed by atoms with Crippen LogP contribution in [0.1, 0.15) is 16.5 Å². The van der Waals surface area contributed by atoms with Crippen LogP contribution in [-0.4, -0.2) is 0 Å². The molecule has 5 heteroatoms. The molecule has 1 unspecified atom stereocenters. The fraction of sp³-hybridized carbons (Fsp3) is 0.167. The third-order valence-corrected chi connectivity index (χ3v) is 4.41. The summed E-state index contributed by atoms with van der Waals surface area (Å²) in [6.07, 6.45) is 0.468. The quantitative estimate of drug-likeness (QED) is 0.876. The fourth-order valence-corrected chi connectivity index (χ4v) is 3.14. The van der Waals surface area contributed by atoms with Crippen LogP contribution in [0.3, 0.4) is 0 Å². The van der Waals surface area contributed by atoms with E-state index in [9.17, 15) is 4.39 Å². The van der Waals surface area contributed by atoms with Gasteiger partial charge in [0, 0.05) is 15.9 Å². The maximum atomic E-state index is 13.6. The number of thiophene rings is 1. The standard InChI is InChI=1S/C12H10BrClFNS/c13-12-4-3-11(17-12)10(16)5-7-1-2-8(14)6-9(7)15/h1-4,6,10H,5,16H2. The van der Waals surface area contributed by atoms with Gasteiger partial charge < -0.3 is 5.73 Å². The van der Waals surface area contributed by atoms with E-state index in [0.717, 1.165) is 8.66 Å². The molecular weight excluding hydrogens is 325 g/mol. The van der Waals surface area contributed by atoms with E-state index in [1.807, 2.05) is 12.1 Å². The molecule has 1 aromatic carbocycles. The smallest absolute Gasteiger partial charge is 0.127 e.